The molecule has 2 saturated heterocycles. The quantitative estimate of drug-likeness (QED) is 0.142. The molecular weight excluding hydrogens is 670 g/mol. The summed E-state index contributed by atoms with van der Waals surface area (Å²) in [6.07, 6.45) is -2.15. The van der Waals surface area contributed by atoms with Crippen molar-refractivity contribution in [2.45, 2.75) is 49.2 Å². The second-order valence-electron chi connectivity index (χ2n) is 11.6. The van der Waals surface area contributed by atoms with Crippen molar-refractivity contribution in [3.63, 3.8) is 0 Å². The summed E-state index contributed by atoms with van der Waals surface area (Å²) in [6, 6.07) is -0.723. The van der Waals surface area contributed by atoms with Gasteiger partial charge < -0.3 is 49.8 Å². The lowest BCUT2D eigenvalue weighted by Crippen LogP contribution is -2.62. The highest BCUT2D eigenvalue weighted by Crippen LogP contribution is 2.62. The van der Waals surface area contributed by atoms with Crippen LogP contribution in [0.5, 0.6) is 0 Å². The Morgan fingerprint density at radius 3 is 2.15 bits per heavy atom. The number of fused-ring (bicyclic) bond motifs is 5. The normalized spacial score (nSPS) is 41.3. The largest absolute Gasteiger partial charge is 0.472 e. The first kappa shape index (κ1) is 30.5. The van der Waals surface area contributed by atoms with Gasteiger partial charge in [0.25, 0.3) is 0 Å². The third-order valence-corrected chi connectivity index (χ3v) is 11.8. The number of ether oxygens (including phenoxy) is 1. The molecule has 2 aliphatic heterocycles. The standard InChI is InChI=1S/C23H28N10O10P2S/c24-19-12-21(28-4-26-19)32(6-30-12)14-8-1-9-10(8)2-39-44(36,37)42-18-15(34)11(3-40-45(38,46)43-17(9)16(14)35)41-23(18)33-7-31-13-20(25)27-5-29-22(13)33/h4-11,14-18,23,34-35H,1-3H2,(H,36,37)(H,38,46)(H2,24,26,28)(H2,25,27,29)/t8-,9-,10-,11+,14?,15+,16-,17+,18+,23+,45?/m0/s1. The predicted octanol–water partition coefficient (Wildman–Crippen LogP) is -0.609. The van der Waals surface area contributed by atoms with Crippen molar-refractivity contribution in [3.8, 4) is 0 Å². The first-order chi connectivity index (χ1) is 21.9. The maximum absolute atomic E-state index is 13.4. The van der Waals surface area contributed by atoms with Gasteiger partial charge >= 0.3 is 14.5 Å². The van der Waals surface area contributed by atoms with E-state index in [1.807, 2.05) is 0 Å². The van der Waals surface area contributed by atoms with Gasteiger partial charge in [-0.15, -0.1) is 0 Å². The van der Waals surface area contributed by atoms with Gasteiger partial charge in [-0.05, 0) is 36.0 Å². The fourth-order valence-corrected chi connectivity index (χ4v) is 9.49. The molecule has 6 bridgehead atoms. The molecule has 20 nitrogen and oxygen atoms in total. The molecular formula is C23H28N10O10P2S. The number of anilines is 2. The van der Waals surface area contributed by atoms with Crippen molar-refractivity contribution in [1.82, 2.24) is 39.0 Å². The third-order valence-electron chi connectivity index (χ3n) is 9.22. The number of aliphatic hydroxyl groups is 2. The van der Waals surface area contributed by atoms with Crippen molar-refractivity contribution >= 4 is 60.3 Å². The molecule has 9 rings (SSSR count). The first-order valence-corrected chi connectivity index (χ1v) is 18.2. The Morgan fingerprint density at radius 1 is 0.804 bits per heavy atom. The second-order valence-corrected chi connectivity index (χ2v) is 15.8. The van der Waals surface area contributed by atoms with Gasteiger partial charge in [0.1, 0.15) is 48.1 Å². The number of rotatable bonds is 2. The van der Waals surface area contributed by atoms with E-state index >= 15 is 0 Å². The number of aliphatic hydroxyl groups excluding tert-OH is 2. The molecule has 3 saturated carbocycles. The molecule has 8 N–H and O–H groups in total. The van der Waals surface area contributed by atoms with Gasteiger partial charge in [-0.25, -0.2) is 34.5 Å². The van der Waals surface area contributed by atoms with Gasteiger partial charge in [0.15, 0.2) is 29.2 Å². The Balaban J connectivity index is 1.14. The molecule has 5 fully saturated rings. The van der Waals surface area contributed by atoms with Crippen LogP contribution in [0.1, 0.15) is 18.7 Å². The summed E-state index contributed by atoms with van der Waals surface area (Å²) in [5, 5.41) is 22.8. The van der Waals surface area contributed by atoms with E-state index in [4.69, 9.17) is 46.1 Å². The number of nitrogens with two attached hydrogens (primary N) is 2. The summed E-state index contributed by atoms with van der Waals surface area (Å²) < 4.78 is 45.1. The van der Waals surface area contributed by atoms with E-state index in [0.29, 0.717) is 17.6 Å². The molecule has 5 aliphatic rings. The Morgan fingerprint density at radius 2 is 1.46 bits per heavy atom. The van der Waals surface area contributed by atoms with Gasteiger partial charge in [0, 0.05) is 0 Å². The molecule has 3 unspecified atom stereocenters. The van der Waals surface area contributed by atoms with E-state index in [9.17, 15) is 24.6 Å². The summed E-state index contributed by atoms with van der Waals surface area (Å²) in [7, 11) is -4.87. The van der Waals surface area contributed by atoms with Crippen LogP contribution in [0.2, 0.25) is 0 Å². The lowest BCUT2D eigenvalue weighted by atomic mass is 9.53. The highest BCUT2D eigenvalue weighted by atomic mass is 32.5. The van der Waals surface area contributed by atoms with E-state index in [1.165, 1.54) is 29.9 Å². The number of hydrogen-bond acceptors (Lipinski definition) is 17. The molecule has 0 spiro atoms. The highest BCUT2D eigenvalue weighted by molar-refractivity contribution is 8.07. The molecule has 0 radical (unpaired) electrons. The molecule has 6 heterocycles. The smallest absolute Gasteiger partial charge is 0.388 e. The number of hydrogen-bond donors (Lipinski definition) is 6. The Labute approximate surface area is 263 Å². The molecule has 46 heavy (non-hydrogen) atoms. The average Bonchev–Trinajstić information content (AvgIpc) is 3.69. The highest BCUT2D eigenvalue weighted by Gasteiger charge is 2.61. The van der Waals surface area contributed by atoms with Crippen LogP contribution in [0.3, 0.4) is 0 Å². The van der Waals surface area contributed by atoms with Crippen LogP contribution in [0.15, 0.2) is 25.3 Å². The second kappa shape index (κ2) is 10.9. The summed E-state index contributed by atoms with van der Waals surface area (Å²) >= 11 is 5.35. The Hall–Kier alpha value is -2.78. The molecule has 0 amide bonds. The topological polar surface area (TPSA) is 283 Å². The van der Waals surface area contributed by atoms with Gasteiger partial charge in [-0.1, -0.05) is 0 Å². The fourth-order valence-electron chi connectivity index (χ4n) is 7.07. The van der Waals surface area contributed by atoms with Gasteiger partial charge in [-0.3, -0.25) is 13.6 Å². The van der Waals surface area contributed by atoms with E-state index in [0.717, 1.165) is 0 Å². The molecule has 23 heteroatoms. The summed E-state index contributed by atoms with van der Waals surface area (Å²) in [4.78, 5) is 46.9. The lowest BCUT2D eigenvalue weighted by Gasteiger charge is -2.59. The van der Waals surface area contributed by atoms with Crippen LogP contribution >= 0.6 is 14.5 Å². The maximum atomic E-state index is 13.4. The van der Waals surface area contributed by atoms with Crippen LogP contribution in [0.25, 0.3) is 22.3 Å². The predicted molar refractivity (Wildman–Crippen MR) is 157 cm³/mol. The molecule has 4 aromatic rings. The van der Waals surface area contributed by atoms with E-state index in [1.54, 1.807) is 4.57 Å². The van der Waals surface area contributed by atoms with Crippen LogP contribution in [0.4, 0.5) is 11.6 Å². The summed E-state index contributed by atoms with van der Waals surface area (Å²) in [6.45, 7) is -4.89. The van der Waals surface area contributed by atoms with Crippen LogP contribution in [-0.2, 0) is 39.2 Å². The fraction of sp³-hybridized carbons (Fsp3) is 0.565. The van der Waals surface area contributed by atoms with Crippen LogP contribution in [0, 0.1) is 17.8 Å². The van der Waals surface area contributed by atoms with E-state index in [2.05, 4.69) is 29.9 Å². The SMILES string of the molecule is Nc1ncnc2c1ncn2C1[C@H]2C[C@H]3[C@H]2COP(=O)(O)O[C@@H]2[C@H](O)[C@@H](COP(O)(=S)O[C@H]3[C@H]1O)O[C@H]2n1cnc2c(N)ncnc21. The van der Waals surface area contributed by atoms with Crippen molar-refractivity contribution in [3.05, 3.63) is 25.3 Å². The van der Waals surface area contributed by atoms with Crippen molar-refractivity contribution < 1.29 is 47.4 Å². The molecule has 246 valence electrons. The van der Waals surface area contributed by atoms with E-state index < -0.39 is 75.8 Å². The van der Waals surface area contributed by atoms with Crippen molar-refractivity contribution in [2.24, 2.45) is 17.8 Å². The minimum Gasteiger partial charge on any atom is -0.388 e. The number of imidazole rings is 2. The number of nitrogens with zero attached hydrogens (tertiary/aromatic N) is 8. The number of phosphoric acid groups is 1. The monoisotopic (exact) mass is 698 g/mol. The zero-order valence-electron chi connectivity index (χ0n) is 23.5. The maximum Gasteiger partial charge on any atom is 0.472 e. The zero-order valence-corrected chi connectivity index (χ0v) is 26.1. The van der Waals surface area contributed by atoms with Gasteiger partial charge in [-0.2, -0.15) is 0 Å². The molecule has 3 aliphatic carbocycles. The molecule has 4 aromatic heterocycles. The number of nitrogen functional groups attached to an aromatic ring is 2. The molecule has 12 atom stereocenters. The minimum absolute atomic E-state index is 0.0807. The van der Waals surface area contributed by atoms with Crippen LogP contribution < -0.4 is 11.5 Å². The van der Waals surface area contributed by atoms with Gasteiger partial charge in [0.2, 0.25) is 0 Å². The number of phosphoric ester groups is 1. The minimum atomic E-state index is -4.87. The van der Waals surface area contributed by atoms with Crippen LogP contribution in [-0.4, -0.2) is 103 Å². The third kappa shape index (κ3) is 4.85. The zero-order chi connectivity index (χ0) is 32.1. The van der Waals surface area contributed by atoms with Crippen molar-refractivity contribution in [1.29, 1.82) is 0 Å². The van der Waals surface area contributed by atoms with Gasteiger partial charge in [0.05, 0.1) is 38.0 Å². The van der Waals surface area contributed by atoms with E-state index in [-0.39, 0.29) is 35.3 Å². The van der Waals surface area contributed by atoms with Crippen molar-refractivity contribution in [2.75, 3.05) is 24.7 Å². The Bertz CT molecular complexity index is 1930. The Kier molecular flexibility index (Phi) is 7.22. The lowest BCUT2D eigenvalue weighted by molar-refractivity contribution is -0.185. The summed E-state index contributed by atoms with van der Waals surface area (Å²) in [5.41, 5.74) is 13.0. The number of aromatic nitrogens is 8. The average molecular weight is 699 g/mol. The first-order valence-electron chi connectivity index (χ1n) is 14.1. The summed E-state index contributed by atoms with van der Waals surface area (Å²) in [5.74, 6) is -0.976. The molecule has 0 aromatic carbocycles.